The van der Waals surface area contributed by atoms with E-state index in [1.165, 1.54) is 23.3 Å². The molecule has 158 valence electrons. The van der Waals surface area contributed by atoms with Gasteiger partial charge in [0.15, 0.2) is 5.96 Å². The Kier molecular flexibility index (Phi) is 9.83. The molecule has 1 heterocycles. The molecule has 0 spiro atoms. The molecule has 5 nitrogen and oxygen atoms in total. The third-order valence-electron chi connectivity index (χ3n) is 4.89. The SMILES string of the molecule is CN=C(NCc1ccc(CN2CCOCC2)cc1)N(C)Cc1ccc(F)cc1.I. The second kappa shape index (κ2) is 12.1. The second-order valence-corrected chi connectivity index (χ2v) is 7.09. The fourth-order valence-corrected chi connectivity index (χ4v) is 3.28. The maximum Gasteiger partial charge on any atom is 0.193 e. The van der Waals surface area contributed by atoms with E-state index in [-0.39, 0.29) is 29.8 Å². The molecule has 2 aromatic carbocycles. The van der Waals surface area contributed by atoms with Crippen LogP contribution in [0.4, 0.5) is 4.39 Å². The van der Waals surface area contributed by atoms with Gasteiger partial charge in [-0.05, 0) is 28.8 Å². The first-order valence-corrected chi connectivity index (χ1v) is 9.68. The lowest BCUT2D eigenvalue weighted by atomic mass is 10.1. The van der Waals surface area contributed by atoms with Gasteiger partial charge in [-0.2, -0.15) is 0 Å². The fourth-order valence-electron chi connectivity index (χ4n) is 3.28. The zero-order valence-corrected chi connectivity index (χ0v) is 19.4. The first-order valence-electron chi connectivity index (χ1n) is 9.68. The second-order valence-electron chi connectivity index (χ2n) is 7.09. The van der Waals surface area contributed by atoms with Crippen molar-refractivity contribution in [2.75, 3.05) is 40.4 Å². The van der Waals surface area contributed by atoms with Crippen molar-refractivity contribution in [3.63, 3.8) is 0 Å². The van der Waals surface area contributed by atoms with Crippen LogP contribution in [0.2, 0.25) is 0 Å². The van der Waals surface area contributed by atoms with Crippen LogP contribution in [0.5, 0.6) is 0 Å². The molecule has 1 aliphatic heterocycles. The van der Waals surface area contributed by atoms with Crippen LogP contribution in [0.25, 0.3) is 0 Å². The average molecular weight is 512 g/mol. The summed E-state index contributed by atoms with van der Waals surface area (Å²) < 4.78 is 18.5. The van der Waals surface area contributed by atoms with Gasteiger partial charge in [0.05, 0.1) is 13.2 Å². The molecule has 0 saturated carbocycles. The van der Waals surface area contributed by atoms with Crippen LogP contribution in [0.15, 0.2) is 53.5 Å². The van der Waals surface area contributed by atoms with Crippen LogP contribution in [-0.4, -0.2) is 56.2 Å². The lowest BCUT2D eigenvalue weighted by Gasteiger charge is -2.26. The molecule has 1 N–H and O–H groups in total. The summed E-state index contributed by atoms with van der Waals surface area (Å²) in [5, 5.41) is 3.39. The summed E-state index contributed by atoms with van der Waals surface area (Å²) in [5.74, 6) is 0.590. The summed E-state index contributed by atoms with van der Waals surface area (Å²) in [6.45, 7) is 6.00. The predicted molar refractivity (Wildman–Crippen MR) is 126 cm³/mol. The molecule has 0 radical (unpaired) electrons. The van der Waals surface area contributed by atoms with Gasteiger partial charge in [0.1, 0.15) is 5.82 Å². The average Bonchev–Trinajstić information content (AvgIpc) is 2.72. The highest BCUT2D eigenvalue weighted by Gasteiger charge is 2.11. The summed E-state index contributed by atoms with van der Waals surface area (Å²) in [7, 11) is 3.75. The number of morpholine rings is 1. The van der Waals surface area contributed by atoms with Crippen molar-refractivity contribution >= 4 is 29.9 Å². The first kappa shape index (κ1) is 23.6. The van der Waals surface area contributed by atoms with E-state index in [0.717, 1.165) is 44.4 Å². The Bertz CT molecular complexity index is 761. The Balaban J connectivity index is 0.00000300. The number of hydrogen-bond acceptors (Lipinski definition) is 3. The third kappa shape index (κ3) is 7.56. The van der Waals surface area contributed by atoms with Gasteiger partial charge < -0.3 is 15.0 Å². The molecular weight excluding hydrogens is 482 g/mol. The Morgan fingerprint density at radius 2 is 1.62 bits per heavy atom. The highest BCUT2D eigenvalue weighted by atomic mass is 127. The number of nitrogens with zero attached hydrogens (tertiary/aromatic N) is 3. The van der Waals surface area contributed by atoms with E-state index in [1.807, 2.05) is 11.9 Å². The van der Waals surface area contributed by atoms with Crippen LogP contribution in [0.3, 0.4) is 0 Å². The standard InChI is InChI=1S/C22H29FN4O.HI/c1-24-22(26(2)16-19-7-9-21(23)10-8-19)25-15-18-3-5-20(6-4-18)17-27-11-13-28-14-12-27;/h3-10H,11-17H2,1-2H3,(H,24,25);1H. The number of ether oxygens (including phenoxy) is 1. The molecule has 7 heteroatoms. The van der Waals surface area contributed by atoms with E-state index < -0.39 is 0 Å². The predicted octanol–water partition coefficient (Wildman–Crippen LogP) is 3.48. The van der Waals surface area contributed by atoms with Gasteiger partial charge in [0.25, 0.3) is 0 Å². The zero-order chi connectivity index (χ0) is 19.8. The molecule has 0 unspecified atom stereocenters. The highest BCUT2D eigenvalue weighted by molar-refractivity contribution is 14.0. The van der Waals surface area contributed by atoms with Gasteiger partial charge >= 0.3 is 0 Å². The molecular formula is C22H30FIN4O. The normalized spacial score (nSPS) is 14.9. The van der Waals surface area contributed by atoms with Crippen molar-refractivity contribution in [2.24, 2.45) is 4.99 Å². The molecule has 0 bridgehead atoms. The monoisotopic (exact) mass is 512 g/mol. The number of aliphatic imine (C=N–C) groups is 1. The topological polar surface area (TPSA) is 40.1 Å². The zero-order valence-electron chi connectivity index (χ0n) is 17.1. The molecule has 0 amide bonds. The van der Waals surface area contributed by atoms with Crippen LogP contribution in [0, 0.1) is 5.82 Å². The molecule has 1 fully saturated rings. The molecule has 29 heavy (non-hydrogen) atoms. The smallest absolute Gasteiger partial charge is 0.193 e. The van der Waals surface area contributed by atoms with Crippen LogP contribution < -0.4 is 5.32 Å². The number of nitrogens with one attached hydrogen (secondary N) is 1. The van der Waals surface area contributed by atoms with Gasteiger partial charge in [-0.25, -0.2) is 4.39 Å². The van der Waals surface area contributed by atoms with E-state index in [0.29, 0.717) is 13.1 Å². The van der Waals surface area contributed by atoms with Gasteiger partial charge in [0.2, 0.25) is 0 Å². The molecule has 0 atom stereocenters. The summed E-state index contributed by atoms with van der Waals surface area (Å²) in [4.78, 5) is 8.80. The quantitative estimate of drug-likeness (QED) is 0.366. The van der Waals surface area contributed by atoms with Crippen LogP contribution >= 0.6 is 24.0 Å². The van der Waals surface area contributed by atoms with Crippen molar-refractivity contribution in [2.45, 2.75) is 19.6 Å². The lowest BCUT2D eigenvalue weighted by Crippen LogP contribution is -2.38. The molecule has 2 aromatic rings. The van der Waals surface area contributed by atoms with Crippen molar-refractivity contribution < 1.29 is 9.13 Å². The van der Waals surface area contributed by atoms with E-state index in [4.69, 9.17) is 4.74 Å². The Hall–Kier alpha value is -1.71. The van der Waals surface area contributed by atoms with Gasteiger partial charge in [-0.3, -0.25) is 9.89 Å². The van der Waals surface area contributed by atoms with E-state index >= 15 is 0 Å². The number of guanidine groups is 1. The van der Waals surface area contributed by atoms with Gasteiger partial charge in [0, 0.05) is 46.8 Å². The van der Waals surface area contributed by atoms with E-state index in [9.17, 15) is 4.39 Å². The minimum atomic E-state index is -0.217. The largest absolute Gasteiger partial charge is 0.379 e. The summed E-state index contributed by atoms with van der Waals surface area (Å²) in [6, 6.07) is 15.3. The van der Waals surface area contributed by atoms with Gasteiger partial charge in [-0.15, -0.1) is 24.0 Å². The van der Waals surface area contributed by atoms with Crippen LogP contribution in [0.1, 0.15) is 16.7 Å². The highest BCUT2D eigenvalue weighted by Crippen LogP contribution is 2.10. The molecule has 0 aliphatic carbocycles. The van der Waals surface area contributed by atoms with Gasteiger partial charge in [-0.1, -0.05) is 36.4 Å². The van der Waals surface area contributed by atoms with Crippen molar-refractivity contribution in [3.05, 3.63) is 71.0 Å². The summed E-state index contributed by atoms with van der Waals surface area (Å²) in [6.07, 6.45) is 0. The fraction of sp³-hybridized carbons (Fsp3) is 0.409. The number of halogens is 2. The van der Waals surface area contributed by atoms with Crippen LogP contribution in [-0.2, 0) is 24.4 Å². The first-order chi connectivity index (χ1) is 13.6. The molecule has 0 aromatic heterocycles. The van der Waals surface area contributed by atoms with E-state index in [2.05, 4.69) is 39.5 Å². The minimum Gasteiger partial charge on any atom is -0.379 e. The van der Waals surface area contributed by atoms with E-state index in [1.54, 1.807) is 19.2 Å². The van der Waals surface area contributed by atoms with Crippen molar-refractivity contribution in [3.8, 4) is 0 Å². The summed E-state index contributed by atoms with van der Waals surface area (Å²) in [5.41, 5.74) is 3.57. The Morgan fingerprint density at radius 1 is 1.03 bits per heavy atom. The third-order valence-corrected chi connectivity index (χ3v) is 4.89. The minimum absolute atomic E-state index is 0. The molecule has 1 aliphatic rings. The Morgan fingerprint density at radius 3 is 2.24 bits per heavy atom. The lowest BCUT2D eigenvalue weighted by molar-refractivity contribution is 0.0342. The maximum atomic E-state index is 13.1. The molecule has 3 rings (SSSR count). The number of rotatable bonds is 6. The summed E-state index contributed by atoms with van der Waals surface area (Å²) >= 11 is 0. The molecule has 1 saturated heterocycles. The number of hydrogen-bond donors (Lipinski definition) is 1. The maximum absolute atomic E-state index is 13.1. The van der Waals surface area contributed by atoms with Crippen molar-refractivity contribution in [1.82, 2.24) is 15.1 Å². The Labute approximate surface area is 190 Å². The van der Waals surface area contributed by atoms with Crippen molar-refractivity contribution in [1.29, 1.82) is 0 Å². The number of benzene rings is 2.